The maximum atomic E-state index is 12.3. The number of thioether (sulfide) groups is 1. The third-order valence-corrected chi connectivity index (χ3v) is 4.31. The molecule has 0 radical (unpaired) electrons. The lowest BCUT2D eigenvalue weighted by molar-refractivity contribution is 0.0935. The number of furan rings is 1. The Bertz CT molecular complexity index is 759. The Morgan fingerprint density at radius 3 is 2.55 bits per heavy atom. The molecule has 0 saturated carbocycles. The summed E-state index contributed by atoms with van der Waals surface area (Å²) in [5.41, 5.74) is 1.49. The summed E-state index contributed by atoms with van der Waals surface area (Å²) in [5.74, 6) is 0.663. The van der Waals surface area contributed by atoms with Crippen LogP contribution in [0.3, 0.4) is 0 Å². The zero-order valence-corrected chi connectivity index (χ0v) is 13.3. The molecule has 2 aromatic carbocycles. The van der Waals surface area contributed by atoms with Gasteiger partial charge in [-0.25, -0.2) is 0 Å². The van der Waals surface area contributed by atoms with E-state index in [4.69, 9.17) is 4.42 Å². The van der Waals surface area contributed by atoms with Gasteiger partial charge in [-0.15, -0.1) is 11.8 Å². The molecule has 0 bridgehead atoms. The van der Waals surface area contributed by atoms with Crippen molar-refractivity contribution in [1.82, 2.24) is 5.32 Å². The molecule has 22 heavy (non-hydrogen) atoms. The molecule has 0 fully saturated rings. The van der Waals surface area contributed by atoms with Crippen LogP contribution in [0.2, 0.25) is 0 Å². The molecule has 3 aromatic rings. The van der Waals surface area contributed by atoms with Crippen molar-refractivity contribution in [2.24, 2.45) is 0 Å². The average molecular weight is 311 g/mol. The highest BCUT2D eigenvalue weighted by Gasteiger charge is 2.15. The molecular formula is C18H17NO2S. The molecule has 4 heteroatoms. The van der Waals surface area contributed by atoms with E-state index >= 15 is 0 Å². The van der Waals surface area contributed by atoms with E-state index in [2.05, 4.69) is 5.32 Å². The summed E-state index contributed by atoms with van der Waals surface area (Å²) in [6, 6.07) is 17.2. The summed E-state index contributed by atoms with van der Waals surface area (Å²) < 4.78 is 5.79. The number of benzene rings is 2. The van der Waals surface area contributed by atoms with Crippen LogP contribution < -0.4 is 5.32 Å². The number of rotatable bonds is 4. The molecule has 1 amide bonds. The molecule has 1 N–H and O–H groups in total. The Morgan fingerprint density at radius 2 is 1.86 bits per heavy atom. The van der Waals surface area contributed by atoms with Crippen LogP contribution in [0.1, 0.15) is 29.1 Å². The van der Waals surface area contributed by atoms with Crippen molar-refractivity contribution in [1.29, 1.82) is 0 Å². The number of carbonyl (C=O) groups excluding carboxylic acids is 1. The third kappa shape index (κ3) is 3.02. The molecule has 3 nitrogen and oxygen atoms in total. The van der Waals surface area contributed by atoms with Gasteiger partial charge in [0.05, 0.1) is 6.04 Å². The standard InChI is InChI=1S/C18H17NO2S/c1-12(17-11-14-5-3-4-6-16(14)21-17)19-18(20)13-7-9-15(22-2)10-8-13/h3-12H,1-2H3,(H,19,20)/t12-/m0/s1. The molecule has 3 rings (SSSR count). The maximum Gasteiger partial charge on any atom is 0.251 e. The van der Waals surface area contributed by atoms with Gasteiger partial charge in [0.25, 0.3) is 5.91 Å². The molecule has 112 valence electrons. The predicted octanol–water partition coefficient (Wildman–Crippen LogP) is 4.65. The Hall–Kier alpha value is -2.20. The minimum atomic E-state index is -0.180. The van der Waals surface area contributed by atoms with E-state index in [0.29, 0.717) is 5.56 Å². The monoisotopic (exact) mass is 311 g/mol. The fraction of sp³-hybridized carbons (Fsp3) is 0.167. The number of fused-ring (bicyclic) bond motifs is 1. The highest BCUT2D eigenvalue weighted by Crippen LogP contribution is 2.24. The smallest absolute Gasteiger partial charge is 0.251 e. The Morgan fingerprint density at radius 1 is 1.14 bits per heavy atom. The number of hydrogen-bond acceptors (Lipinski definition) is 3. The van der Waals surface area contributed by atoms with Gasteiger partial charge in [-0.1, -0.05) is 18.2 Å². The first-order valence-corrected chi connectivity index (χ1v) is 8.33. The van der Waals surface area contributed by atoms with E-state index in [9.17, 15) is 4.79 Å². The minimum Gasteiger partial charge on any atom is -0.459 e. The fourth-order valence-electron chi connectivity index (χ4n) is 2.31. The van der Waals surface area contributed by atoms with Crippen LogP contribution in [-0.2, 0) is 0 Å². The highest BCUT2D eigenvalue weighted by molar-refractivity contribution is 7.98. The number of hydrogen-bond donors (Lipinski definition) is 1. The van der Waals surface area contributed by atoms with Crippen molar-refractivity contribution in [3.63, 3.8) is 0 Å². The zero-order chi connectivity index (χ0) is 15.5. The van der Waals surface area contributed by atoms with Crippen molar-refractivity contribution in [2.45, 2.75) is 17.9 Å². The van der Waals surface area contributed by atoms with E-state index < -0.39 is 0 Å². The SMILES string of the molecule is CSc1ccc(C(=O)N[C@@H](C)c2cc3ccccc3o2)cc1. The number of amides is 1. The second-order valence-electron chi connectivity index (χ2n) is 5.11. The van der Waals surface area contributed by atoms with E-state index in [1.807, 2.05) is 67.8 Å². The topological polar surface area (TPSA) is 42.2 Å². The van der Waals surface area contributed by atoms with Crippen molar-refractivity contribution < 1.29 is 9.21 Å². The number of para-hydroxylation sites is 1. The van der Waals surface area contributed by atoms with Crippen molar-refractivity contribution in [3.05, 3.63) is 65.9 Å². The molecule has 1 atom stereocenters. The first kappa shape index (κ1) is 14.7. The van der Waals surface area contributed by atoms with Crippen LogP contribution >= 0.6 is 11.8 Å². The molecule has 0 spiro atoms. The molecule has 0 unspecified atom stereocenters. The number of carbonyl (C=O) groups is 1. The normalized spacial score (nSPS) is 12.3. The fourth-order valence-corrected chi connectivity index (χ4v) is 2.72. The van der Waals surface area contributed by atoms with Gasteiger partial charge >= 0.3 is 0 Å². The van der Waals surface area contributed by atoms with Gasteiger partial charge in [0.15, 0.2) is 0 Å². The Kier molecular flexibility index (Phi) is 4.20. The largest absolute Gasteiger partial charge is 0.459 e. The van der Waals surface area contributed by atoms with Crippen LogP contribution in [0.5, 0.6) is 0 Å². The summed E-state index contributed by atoms with van der Waals surface area (Å²) in [6.45, 7) is 1.92. The first-order valence-electron chi connectivity index (χ1n) is 7.11. The van der Waals surface area contributed by atoms with Gasteiger partial charge in [-0.2, -0.15) is 0 Å². The molecular weight excluding hydrogens is 294 g/mol. The molecule has 0 saturated heterocycles. The molecule has 1 heterocycles. The van der Waals surface area contributed by atoms with Gasteiger partial charge < -0.3 is 9.73 Å². The van der Waals surface area contributed by atoms with Crippen LogP contribution in [0.15, 0.2) is 63.9 Å². The van der Waals surface area contributed by atoms with Crippen LogP contribution in [0.4, 0.5) is 0 Å². The Balaban J connectivity index is 1.74. The van der Waals surface area contributed by atoms with Gasteiger partial charge in [-0.3, -0.25) is 4.79 Å². The summed E-state index contributed by atoms with van der Waals surface area (Å²) in [5, 5.41) is 4.02. The van der Waals surface area contributed by atoms with Gasteiger partial charge in [0, 0.05) is 15.8 Å². The summed E-state index contributed by atoms with van der Waals surface area (Å²) >= 11 is 1.66. The molecule has 0 aliphatic heterocycles. The van der Waals surface area contributed by atoms with Crippen molar-refractivity contribution >= 4 is 28.6 Å². The number of nitrogens with one attached hydrogen (secondary N) is 1. The quantitative estimate of drug-likeness (QED) is 0.713. The maximum absolute atomic E-state index is 12.3. The second-order valence-corrected chi connectivity index (χ2v) is 5.99. The van der Waals surface area contributed by atoms with Gasteiger partial charge in [0.1, 0.15) is 11.3 Å². The first-order chi connectivity index (χ1) is 10.7. The van der Waals surface area contributed by atoms with E-state index in [0.717, 1.165) is 21.6 Å². The van der Waals surface area contributed by atoms with Gasteiger partial charge in [0.2, 0.25) is 0 Å². The van der Waals surface area contributed by atoms with Crippen LogP contribution in [-0.4, -0.2) is 12.2 Å². The second kappa shape index (κ2) is 6.28. The predicted molar refractivity (Wildman–Crippen MR) is 90.3 cm³/mol. The summed E-state index contributed by atoms with van der Waals surface area (Å²) in [7, 11) is 0. The Labute approximate surface area is 133 Å². The van der Waals surface area contributed by atoms with Crippen LogP contribution in [0, 0.1) is 0 Å². The zero-order valence-electron chi connectivity index (χ0n) is 12.5. The van der Waals surface area contributed by atoms with E-state index in [1.54, 1.807) is 11.8 Å². The molecule has 0 aliphatic carbocycles. The lowest BCUT2D eigenvalue weighted by Crippen LogP contribution is -2.26. The van der Waals surface area contributed by atoms with Gasteiger partial charge in [-0.05, 0) is 49.6 Å². The molecule has 1 aromatic heterocycles. The van der Waals surface area contributed by atoms with Crippen molar-refractivity contribution in [3.8, 4) is 0 Å². The van der Waals surface area contributed by atoms with Crippen molar-refractivity contribution in [2.75, 3.05) is 6.26 Å². The minimum absolute atomic E-state index is 0.0967. The third-order valence-electron chi connectivity index (χ3n) is 3.57. The summed E-state index contributed by atoms with van der Waals surface area (Å²) in [6.07, 6.45) is 2.01. The lowest BCUT2D eigenvalue weighted by atomic mass is 10.1. The van der Waals surface area contributed by atoms with E-state index in [-0.39, 0.29) is 11.9 Å². The average Bonchev–Trinajstić information content (AvgIpc) is 2.99. The lowest BCUT2D eigenvalue weighted by Gasteiger charge is -2.11. The van der Waals surface area contributed by atoms with Crippen LogP contribution in [0.25, 0.3) is 11.0 Å². The van der Waals surface area contributed by atoms with E-state index in [1.165, 1.54) is 0 Å². The highest BCUT2D eigenvalue weighted by atomic mass is 32.2. The molecule has 0 aliphatic rings. The summed E-state index contributed by atoms with van der Waals surface area (Å²) in [4.78, 5) is 13.4.